The maximum absolute atomic E-state index is 13.4. The number of methoxy groups -OCH3 is 2. The molecule has 2 unspecified atom stereocenters. The smallest absolute Gasteiger partial charge is 0.354 e. The van der Waals surface area contributed by atoms with Gasteiger partial charge in [0.05, 0.1) is 25.4 Å². The average molecular weight is 417 g/mol. The van der Waals surface area contributed by atoms with E-state index in [9.17, 15) is 14.4 Å². The van der Waals surface area contributed by atoms with Crippen LogP contribution in [0.2, 0.25) is 0 Å². The number of likely N-dealkylation sites (tertiary alicyclic amines) is 1. The van der Waals surface area contributed by atoms with E-state index in [4.69, 9.17) is 9.47 Å². The van der Waals surface area contributed by atoms with E-state index >= 15 is 0 Å². The van der Waals surface area contributed by atoms with Gasteiger partial charge in [0.2, 0.25) is 5.78 Å². The summed E-state index contributed by atoms with van der Waals surface area (Å²) in [4.78, 5) is 46.0. The number of aromatic amines is 2. The zero-order chi connectivity index (χ0) is 21.5. The lowest BCUT2D eigenvalue weighted by molar-refractivity contribution is 0.0594. The molecule has 31 heavy (non-hydrogen) atoms. The molecule has 1 saturated heterocycles. The van der Waals surface area contributed by atoms with Crippen molar-refractivity contribution in [2.45, 2.75) is 11.8 Å². The molecule has 3 aliphatic rings. The first-order valence-corrected chi connectivity index (χ1v) is 10.0. The van der Waals surface area contributed by atoms with Crippen molar-refractivity contribution >= 4 is 28.6 Å². The summed E-state index contributed by atoms with van der Waals surface area (Å²) in [5, 5.41) is 0.881. The Labute approximate surface area is 176 Å². The molecule has 1 spiro atoms. The van der Waals surface area contributed by atoms with E-state index in [1.54, 1.807) is 24.1 Å². The predicted octanol–water partition coefficient (Wildman–Crippen LogP) is 2.79. The number of benzene rings is 1. The number of piperidine rings is 1. The van der Waals surface area contributed by atoms with Gasteiger partial charge in [-0.25, -0.2) is 4.79 Å². The van der Waals surface area contributed by atoms with Crippen molar-refractivity contribution in [2.24, 2.45) is 5.92 Å². The van der Waals surface area contributed by atoms with Crippen molar-refractivity contribution in [1.29, 1.82) is 0 Å². The maximum atomic E-state index is 13.4. The van der Waals surface area contributed by atoms with Crippen molar-refractivity contribution in [3.63, 3.8) is 0 Å². The van der Waals surface area contributed by atoms with E-state index in [1.807, 2.05) is 18.2 Å². The number of nitrogens with zero attached hydrogens (tertiary/aromatic N) is 1. The minimum absolute atomic E-state index is 0.184. The van der Waals surface area contributed by atoms with E-state index in [2.05, 4.69) is 9.97 Å². The predicted molar refractivity (Wildman–Crippen MR) is 110 cm³/mol. The molecule has 0 radical (unpaired) electrons. The molecule has 1 saturated carbocycles. The molecule has 3 heterocycles. The summed E-state index contributed by atoms with van der Waals surface area (Å²) < 4.78 is 10.2. The lowest BCUT2D eigenvalue weighted by Crippen LogP contribution is -2.33. The number of rotatable bonds is 3. The monoisotopic (exact) mass is 417 g/mol. The Morgan fingerprint density at radius 3 is 2.77 bits per heavy atom. The lowest BCUT2D eigenvalue weighted by atomic mass is 9.85. The molecule has 1 amide bonds. The highest BCUT2D eigenvalue weighted by atomic mass is 16.5. The summed E-state index contributed by atoms with van der Waals surface area (Å²) in [6.07, 6.45) is 2.38. The summed E-state index contributed by atoms with van der Waals surface area (Å²) in [5.74, 6) is -0.0628. The number of ether oxygens (including phenoxy) is 2. The molecular formula is C23H19N3O5. The second kappa shape index (κ2) is 5.87. The first kappa shape index (κ1) is 18.0. The number of carbonyl (C=O) groups is 3. The Kier molecular flexibility index (Phi) is 3.41. The molecule has 2 N–H and O–H groups in total. The van der Waals surface area contributed by atoms with Gasteiger partial charge in [-0.3, -0.25) is 9.59 Å². The molecule has 2 aliphatic carbocycles. The van der Waals surface area contributed by atoms with E-state index < -0.39 is 11.4 Å². The van der Waals surface area contributed by atoms with Crippen LogP contribution in [-0.2, 0) is 10.2 Å². The lowest BCUT2D eigenvalue weighted by Gasteiger charge is -2.27. The van der Waals surface area contributed by atoms with Gasteiger partial charge in [0, 0.05) is 29.1 Å². The third-order valence-corrected chi connectivity index (χ3v) is 6.79. The Bertz CT molecular complexity index is 1350. The fourth-order valence-corrected chi connectivity index (χ4v) is 5.27. The number of carbonyl (C=O) groups excluding carboxylic acids is 3. The van der Waals surface area contributed by atoms with E-state index in [0.29, 0.717) is 29.4 Å². The number of esters is 1. The number of fused-ring (bicyclic) bond motifs is 2. The molecular weight excluding hydrogens is 398 g/mol. The summed E-state index contributed by atoms with van der Waals surface area (Å²) >= 11 is 0. The minimum atomic E-state index is -0.518. The van der Waals surface area contributed by atoms with Gasteiger partial charge in [-0.15, -0.1) is 0 Å². The van der Waals surface area contributed by atoms with Crippen molar-refractivity contribution < 1.29 is 23.9 Å². The number of hydrogen-bond donors (Lipinski definition) is 2. The Morgan fingerprint density at radius 2 is 2.00 bits per heavy atom. The second-order valence-corrected chi connectivity index (χ2v) is 8.25. The fraction of sp³-hybridized carbons (Fsp3) is 0.261. The van der Waals surface area contributed by atoms with Gasteiger partial charge < -0.3 is 24.3 Å². The number of amides is 1. The molecule has 3 aromatic rings. The minimum Gasteiger partial charge on any atom is -0.495 e. The van der Waals surface area contributed by atoms with Crippen LogP contribution in [0.25, 0.3) is 10.9 Å². The third-order valence-electron chi connectivity index (χ3n) is 6.79. The van der Waals surface area contributed by atoms with E-state index in [-0.39, 0.29) is 23.3 Å². The number of nitrogens with one attached hydrogen (secondary N) is 2. The van der Waals surface area contributed by atoms with Gasteiger partial charge in [-0.2, -0.15) is 0 Å². The number of allylic oxidation sites excluding steroid dienone is 2. The second-order valence-electron chi connectivity index (χ2n) is 8.25. The number of ketones is 1. The molecule has 2 fully saturated rings. The van der Waals surface area contributed by atoms with Gasteiger partial charge in [-0.05, 0) is 36.1 Å². The zero-order valence-electron chi connectivity index (χ0n) is 16.9. The number of para-hydroxylation sites is 1. The maximum Gasteiger partial charge on any atom is 0.354 e. The van der Waals surface area contributed by atoms with Gasteiger partial charge in [0.1, 0.15) is 17.1 Å². The van der Waals surface area contributed by atoms with Gasteiger partial charge in [0.25, 0.3) is 5.91 Å². The number of H-pyrrole nitrogens is 2. The van der Waals surface area contributed by atoms with E-state index in [1.165, 1.54) is 13.2 Å². The van der Waals surface area contributed by atoms with Crippen molar-refractivity contribution in [3.8, 4) is 5.75 Å². The van der Waals surface area contributed by atoms with Crippen LogP contribution in [0.5, 0.6) is 5.75 Å². The molecule has 2 atom stereocenters. The van der Waals surface area contributed by atoms with Crippen LogP contribution in [0.15, 0.2) is 42.1 Å². The third kappa shape index (κ3) is 2.21. The van der Waals surface area contributed by atoms with Crippen LogP contribution in [0.1, 0.15) is 43.4 Å². The van der Waals surface area contributed by atoms with Gasteiger partial charge in [0.15, 0.2) is 0 Å². The topological polar surface area (TPSA) is 104 Å². The standard InChI is InChI=1S/C23H19N3O5/c1-30-17-5-3-4-11-6-14(24-19(11)17)21(28)26-10-12-9-23(12)13-7-15(22(29)31-2)25-20(13)16(27)8-18(23)26/h3-8,12,24-25H,9-10H2,1-2H3. The zero-order valence-corrected chi connectivity index (χ0v) is 16.9. The molecule has 1 aliphatic heterocycles. The molecule has 8 heteroatoms. The molecule has 1 aromatic carbocycles. The summed E-state index contributed by atoms with van der Waals surface area (Å²) in [7, 11) is 2.89. The SMILES string of the molecule is COC(=O)c1cc2c([nH]1)C(=O)C=C1N(C(=O)c3cc4cccc(OC)c4[nH]3)CC3CC123. The average Bonchev–Trinajstić information content (AvgIpc) is 3.14. The molecule has 6 rings (SSSR count). The van der Waals surface area contributed by atoms with Crippen LogP contribution >= 0.6 is 0 Å². The first-order valence-electron chi connectivity index (χ1n) is 10.0. The summed E-state index contributed by atoms with van der Waals surface area (Å²) in [5.41, 5.74) is 2.97. The van der Waals surface area contributed by atoms with Gasteiger partial charge >= 0.3 is 5.97 Å². The van der Waals surface area contributed by atoms with Crippen LogP contribution in [-0.4, -0.2) is 53.3 Å². The highest BCUT2D eigenvalue weighted by molar-refractivity contribution is 6.10. The highest BCUT2D eigenvalue weighted by Crippen LogP contribution is 2.66. The first-order chi connectivity index (χ1) is 15.0. The Morgan fingerprint density at radius 1 is 1.16 bits per heavy atom. The summed E-state index contributed by atoms with van der Waals surface area (Å²) in [6.45, 7) is 0.530. The largest absolute Gasteiger partial charge is 0.495 e. The molecule has 0 bridgehead atoms. The highest BCUT2D eigenvalue weighted by Gasteiger charge is 2.67. The van der Waals surface area contributed by atoms with E-state index in [0.717, 1.165) is 22.9 Å². The van der Waals surface area contributed by atoms with Crippen molar-refractivity contribution in [1.82, 2.24) is 14.9 Å². The molecule has 8 nitrogen and oxygen atoms in total. The van der Waals surface area contributed by atoms with Crippen LogP contribution in [0, 0.1) is 5.92 Å². The number of aromatic nitrogens is 2. The van der Waals surface area contributed by atoms with Gasteiger partial charge in [-0.1, -0.05) is 12.1 Å². The van der Waals surface area contributed by atoms with Crippen molar-refractivity contribution in [2.75, 3.05) is 20.8 Å². The van der Waals surface area contributed by atoms with Crippen molar-refractivity contribution in [3.05, 3.63) is 64.8 Å². The molecule has 2 aromatic heterocycles. The Balaban J connectivity index is 1.40. The Hall–Kier alpha value is -3.81. The van der Waals surface area contributed by atoms with Crippen LogP contribution < -0.4 is 4.74 Å². The van der Waals surface area contributed by atoms with Crippen LogP contribution in [0.3, 0.4) is 0 Å². The normalized spacial score (nSPS) is 23.2. The quantitative estimate of drug-likeness (QED) is 0.638. The summed E-state index contributed by atoms with van der Waals surface area (Å²) in [6, 6.07) is 9.13. The number of hydrogen-bond acceptors (Lipinski definition) is 5. The fourth-order valence-electron chi connectivity index (χ4n) is 5.27. The molecule has 156 valence electrons. The van der Waals surface area contributed by atoms with Crippen LogP contribution in [0.4, 0.5) is 0 Å².